The molecule has 2 unspecified atom stereocenters. The third-order valence-electron chi connectivity index (χ3n) is 10.2. The fourth-order valence-corrected chi connectivity index (χ4v) is 5.29. The lowest BCUT2D eigenvalue weighted by molar-refractivity contribution is -0.129. The first-order valence-electron chi connectivity index (χ1n) is 21.0. The average Bonchev–Trinajstić information content (AvgIpc) is 3.21. The van der Waals surface area contributed by atoms with E-state index in [9.17, 15) is 43.4 Å². The van der Waals surface area contributed by atoms with E-state index in [4.69, 9.17) is 0 Å². The zero-order valence-electron chi connectivity index (χ0n) is 37.0. The number of amides is 7. The molecular formula is C39H74N12O9. The lowest BCUT2D eigenvalue weighted by atomic mass is 9.97. The maximum absolute atomic E-state index is 12.5. The second kappa shape index (κ2) is 32.2. The van der Waals surface area contributed by atoms with E-state index in [1.54, 1.807) is 20.9 Å². The standard InChI is InChI=1S/C39H74N12O9/c1-29(49-59)38(3,4)47-21-24-51(25-22-48-39(5,6)30(2)50-60)23-20-43-33(54)16-17-34(55)44-27-36(57)46-28-37(58)45-26-35(56)42-19-13-9-11-15-32(53)41-18-12-8-10-14-31(52)40-7/h29-30,47-48H,8-28H2,1-7H3,(H,40,52)(H,41,53)(H,42,56)(H,43,54)(H,44,55)(H,45,58)(H,46,57). The lowest BCUT2D eigenvalue weighted by Gasteiger charge is -2.32. The van der Waals surface area contributed by atoms with Crippen LogP contribution in [-0.4, -0.2) is 148 Å². The second-order valence-corrected chi connectivity index (χ2v) is 15.9. The molecule has 0 aliphatic rings. The molecule has 0 heterocycles. The molecule has 21 heteroatoms. The highest BCUT2D eigenvalue weighted by Gasteiger charge is 2.27. The molecule has 0 aromatic heterocycles. The summed E-state index contributed by atoms with van der Waals surface area (Å²) < 4.78 is 0. The van der Waals surface area contributed by atoms with Crippen molar-refractivity contribution >= 4 is 41.4 Å². The molecule has 0 saturated heterocycles. The van der Waals surface area contributed by atoms with Crippen LogP contribution in [0.5, 0.6) is 0 Å². The summed E-state index contributed by atoms with van der Waals surface area (Å²) in [6.07, 6.45) is 5.16. The number of carbonyl (C=O) groups excluding carboxylic acids is 7. The fourth-order valence-electron chi connectivity index (χ4n) is 5.29. The number of carbonyl (C=O) groups is 7. The zero-order chi connectivity index (χ0) is 45.4. The van der Waals surface area contributed by atoms with Gasteiger partial charge in [0.25, 0.3) is 0 Å². The van der Waals surface area contributed by atoms with Gasteiger partial charge in [-0.25, -0.2) is 0 Å². The van der Waals surface area contributed by atoms with Gasteiger partial charge in [0.15, 0.2) is 0 Å². The molecule has 2 atom stereocenters. The normalized spacial score (nSPS) is 12.4. The van der Waals surface area contributed by atoms with Crippen LogP contribution in [0, 0.1) is 9.81 Å². The predicted molar refractivity (Wildman–Crippen MR) is 229 cm³/mol. The topological polar surface area (TPSA) is 290 Å². The van der Waals surface area contributed by atoms with Crippen molar-refractivity contribution in [2.45, 2.75) is 129 Å². The predicted octanol–water partition coefficient (Wildman–Crippen LogP) is -0.321. The first-order chi connectivity index (χ1) is 28.4. The van der Waals surface area contributed by atoms with Crippen LogP contribution in [0.15, 0.2) is 10.4 Å². The molecule has 0 spiro atoms. The summed E-state index contributed by atoms with van der Waals surface area (Å²) in [7, 11) is 1.61. The molecule has 21 nitrogen and oxygen atoms in total. The number of nitrogens with one attached hydrogen (secondary N) is 9. The van der Waals surface area contributed by atoms with Gasteiger partial charge in [0.05, 0.1) is 19.6 Å². The van der Waals surface area contributed by atoms with Crippen molar-refractivity contribution in [2.24, 2.45) is 10.4 Å². The Morgan fingerprint density at radius 2 is 0.800 bits per heavy atom. The molecule has 0 saturated carbocycles. The Labute approximate surface area is 355 Å². The summed E-state index contributed by atoms with van der Waals surface area (Å²) in [5, 5.41) is 31.0. The quantitative estimate of drug-likeness (QED) is 0.0290. The Kier molecular flexibility index (Phi) is 29.7. The van der Waals surface area contributed by atoms with Gasteiger partial charge in [-0.2, -0.15) is 9.81 Å². The van der Waals surface area contributed by atoms with E-state index in [1.807, 2.05) is 27.7 Å². The lowest BCUT2D eigenvalue weighted by Crippen LogP contribution is -2.52. The highest BCUT2D eigenvalue weighted by Crippen LogP contribution is 2.13. The summed E-state index contributed by atoms with van der Waals surface area (Å²) in [5.74, 6) is -2.49. The Hall–Kier alpha value is -4.63. The number of unbranched alkanes of at least 4 members (excludes halogenated alkanes) is 4. The van der Waals surface area contributed by atoms with E-state index < -0.39 is 59.9 Å². The van der Waals surface area contributed by atoms with Crippen molar-refractivity contribution < 1.29 is 33.6 Å². The number of hydrogen-bond acceptors (Lipinski definition) is 14. The van der Waals surface area contributed by atoms with E-state index in [0.717, 1.165) is 25.7 Å². The summed E-state index contributed by atoms with van der Waals surface area (Å²) in [6, 6.07) is -0.873. The average molecular weight is 855 g/mol. The third kappa shape index (κ3) is 28.7. The van der Waals surface area contributed by atoms with E-state index in [2.05, 4.69) is 63.1 Å². The van der Waals surface area contributed by atoms with Gasteiger partial charge in [-0.3, -0.25) is 38.5 Å². The molecule has 0 radical (unpaired) electrons. The molecule has 7 amide bonds. The van der Waals surface area contributed by atoms with Crippen LogP contribution in [0.25, 0.3) is 0 Å². The van der Waals surface area contributed by atoms with E-state index in [0.29, 0.717) is 78.0 Å². The fraction of sp³-hybridized carbons (Fsp3) is 0.821. The van der Waals surface area contributed by atoms with E-state index in [-0.39, 0.29) is 37.1 Å². The second-order valence-electron chi connectivity index (χ2n) is 15.9. The van der Waals surface area contributed by atoms with Crippen LogP contribution in [0.3, 0.4) is 0 Å². The number of nitroso groups, excluding NO2 is 2. The van der Waals surface area contributed by atoms with Gasteiger partial charge in [-0.1, -0.05) is 23.2 Å². The van der Waals surface area contributed by atoms with E-state index >= 15 is 0 Å². The first kappa shape index (κ1) is 55.4. The van der Waals surface area contributed by atoms with Gasteiger partial charge in [-0.05, 0) is 67.2 Å². The van der Waals surface area contributed by atoms with Crippen molar-refractivity contribution in [1.29, 1.82) is 0 Å². The minimum Gasteiger partial charge on any atom is -0.359 e. The van der Waals surface area contributed by atoms with Crippen molar-refractivity contribution in [3.8, 4) is 0 Å². The molecule has 0 aromatic carbocycles. The van der Waals surface area contributed by atoms with Crippen molar-refractivity contribution in [1.82, 2.24) is 52.8 Å². The minimum atomic E-state index is -0.622. The van der Waals surface area contributed by atoms with Gasteiger partial charge < -0.3 is 47.9 Å². The summed E-state index contributed by atoms with van der Waals surface area (Å²) in [5.41, 5.74) is -1.01. The maximum Gasteiger partial charge on any atom is 0.239 e. The molecule has 344 valence electrons. The van der Waals surface area contributed by atoms with Crippen LogP contribution in [0.1, 0.15) is 106 Å². The van der Waals surface area contributed by atoms with Gasteiger partial charge in [0.1, 0.15) is 12.1 Å². The summed E-state index contributed by atoms with van der Waals surface area (Å²) >= 11 is 0. The van der Waals surface area contributed by atoms with Gasteiger partial charge >= 0.3 is 0 Å². The third-order valence-corrected chi connectivity index (χ3v) is 10.2. The Balaban J connectivity index is 4.24. The molecule has 60 heavy (non-hydrogen) atoms. The largest absolute Gasteiger partial charge is 0.359 e. The van der Waals surface area contributed by atoms with Crippen molar-refractivity contribution in [3.05, 3.63) is 9.81 Å². The molecule has 0 aromatic rings. The molecule has 0 bridgehead atoms. The van der Waals surface area contributed by atoms with Gasteiger partial charge in [0, 0.05) is 96.2 Å². The van der Waals surface area contributed by atoms with Crippen LogP contribution >= 0.6 is 0 Å². The molecular weight excluding hydrogens is 781 g/mol. The van der Waals surface area contributed by atoms with Gasteiger partial charge in [0.2, 0.25) is 41.4 Å². The SMILES string of the molecule is CNC(=O)CCCCCNC(=O)CCCCCNC(=O)CNC(=O)CNC(=O)CNC(=O)CCC(=O)NCCN(CCNC(C)(C)C(C)N=O)CCNC(C)(C)C(C)N=O. The summed E-state index contributed by atoms with van der Waals surface area (Å²) in [6.45, 7) is 14.1. The van der Waals surface area contributed by atoms with Crippen molar-refractivity contribution in [3.63, 3.8) is 0 Å². The monoisotopic (exact) mass is 855 g/mol. The van der Waals surface area contributed by atoms with E-state index in [1.165, 1.54) is 0 Å². The highest BCUT2D eigenvalue weighted by molar-refractivity contribution is 5.90. The van der Waals surface area contributed by atoms with Crippen LogP contribution in [-0.2, 0) is 33.6 Å². The van der Waals surface area contributed by atoms with Crippen LogP contribution < -0.4 is 47.9 Å². The molecule has 0 aliphatic heterocycles. The first-order valence-corrected chi connectivity index (χ1v) is 21.0. The molecule has 0 aliphatic carbocycles. The van der Waals surface area contributed by atoms with Gasteiger partial charge in [-0.15, -0.1) is 0 Å². The van der Waals surface area contributed by atoms with Crippen LogP contribution in [0.2, 0.25) is 0 Å². The minimum absolute atomic E-state index is 0.0120. The number of rotatable bonds is 36. The summed E-state index contributed by atoms with van der Waals surface area (Å²) in [4.78, 5) is 108. The Morgan fingerprint density at radius 3 is 1.25 bits per heavy atom. The molecule has 0 rings (SSSR count). The smallest absolute Gasteiger partial charge is 0.239 e. The highest BCUT2D eigenvalue weighted by atomic mass is 16.3. The van der Waals surface area contributed by atoms with Crippen LogP contribution in [0.4, 0.5) is 0 Å². The Bertz CT molecular complexity index is 1320. The van der Waals surface area contributed by atoms with Crippen molar-refractivity contribution in [2.75, 3.05) is 79.0 Å². The molecule has 0 fully saturated rings. The molecule has 9 N–H and O–H groups in total. The Morgan fingerprint density at radius 1 is 0.450 bits per heavy atom. The number of nitrogens with zero attached hydrogens (tertiary/aromatic N) is 3. The maximum atomic E-state index is 12.5. The zero-order valence-corrected chi connectivity index (χ0v) is 37.0. The number of hydrogen-bond donors (Lipinski definition) is 9.